The van der Waals surface area contributed by atoms with Gasteiger partial charge >= 0.3 is 0 Å². The van der Waals surface area contributed by atoms with Gasteiger partial charge in [0.05, 0.1) is 10.6 Å². The van der Waals surface area contributed by atoms with Crippen molar-refractivity contribution in [1.82, 2.24) is 0 Å². The fraction of sp³-hybridized carbons (Fsp3) is 0.364. The summed E-state index contributed by atoms with van der Waals surface area (Å²) in [5, 5.41) is 0.492. The molecular weight excluding hydrogens is 279 g/mol. The predicted octanol–water partition coefficient (Wildman–Crippen LogP) is 3.85. The minimum Gasteiger partial charge on any atom is -0.480 e. The number of hydrogen-bond donors (Lipinski definition) is 0. The molecule has 15 heavy (non-hydrogen) atoms. The first-order valence-electron chi connectivity index (χ1n) is 4.83. The van der Waals surface area contributed by atoms with Crippen molar-refractivity contribution in [3.8, 4) is 5.75 Å². The molecule has 0 fully saturated rings. The van der Waals surface area contributed by atoms with E-state index in [4.69, 9.17) is 16.3 Å². The largest absolute Gasteiger partial charge is 0.480 e. The van der Waals surface area contributed by atoms with Crippen molar-refractivity contribution in [3.05, 3.63) is 27.2 Å². The van der Waals surface area contributed by atoms with Crippen LogP contribution >= 0.6 is 27.5 Å². The van der Waals surface area contributed by atoms with Gasteiger partial charge in [-0.05, 0) is 18.6 Å². The summed E-state index contributed by atoms with van der Waals surface area (Å²) < 4.78 is 6.35. The van der Waals surface area contributed by atoms with Crippen LogP contribution in [-0.4, -0.2) is 11.9 Å². The summed E-state index contributed by atoms with van der Waals surface area (Å²) >= 11 is 9.31. The SMILES string of the molecule is CCCC1Oc2c(Cl)cc(Br)cc2C1=O. The lowest BCUT2D eigenvalue weighted by atomic mass is 10.1. The molecule has 1 heterocycles. The third-order valence-corrected chi connectivity index (χ3v) is 3.12. The molecule has 0 radical (unpaired) electrons. The number of ether oxygens (including phenoxy) is 1. The van der Waals surface area contributed by atoms with Crippen LogP contribution in [0.5, 0.6) is 5.75 Å². The highest BCUT2D eigenvalue weighted by atomic mass is 79.9. The first kappa shape index (κ1) is 11.0. The average Bonchev–Trinajstić information content (AvgIpc) is 2.47. The van der Waals surface area contributed by atoms with Crippen molar-refractivity contribution in [1.29, 1.82) is 0 Å². The highest BCUT2D eigenvalue weighted by molar-refractivity contribution is 9.10. The molecule has 0 saturated carbocycles. The highest BCUT2D eigenvalue weighted by Gasteiger charge is 2.33. The van der Waals surface area contributed by atoms with Gasteiger partial charge in [0, 0.05) is 4.47 Å². The summed E-state index contributed by atoms with van der Waals surface area (Å²) in [4.78, 5) is 11.9. The number of ketones is 1. The summed E-state index contributed by atoms with van der Waals surface area (Å²) in [5.41, 5.74) is 0.591. The molecular formula is C11H10BrClO2. The molecule has 1 aliphatic rings. The lowest BCUT2D eigenvalue weighted by Crippen LogP contribution is -2.19. The number of carbonyl (C=O) groups excluding carboxylic acids is 1. The molecule has 80 valence electrons. The van der Waals surface area contributed by atoms with E-state index in [1.807, 2.05) is 6.92 Å². The Morgan fingerprint density at radius 2 is 2.27 bits per heavy atom. The lowest BCUT2D eigenvalue weighted by molar-refractivity contribution is 0.0845. The van der Waals surface area contributed by atoms with Gasteiger partial charge in [-0.2, -0.15) is 0 Å². The summed E-state index contributed by atoms with van der Waals surface area (Å²) in [7, 11) is 0. The van der Waals surface area contributed by atoms with Crippen molar-refractivity contribution >= 4 is 33.3 Å². The Hall–Kier alpha value is -0.540. The van der Waals surface area contributed by atoms with Gasteiger partial charge in [-0.1, -0.05) is 40.9 Å². The molecule has 4 heteroatoms. The zero-order valence-corrected chi connectivity index (χ0v) is 10.6. The third kappa shape index (κ3) is 1.91. The maximum Gasteiger partial charge on any atom is 0.207 e. The molecule has 0 N–H and O–H groups in total. The van der Waals surface area contributed by atoms with Crippen LogP contribution in [0.25, 0.3) is 0 Å². The van der Waals surface area contributed by atoms with Gasteiger partial charge < -0.3 is 4.74 Å². The van der Waals surface area contributed by atoms with Gasteiger partial charge in [0.1, 0.15) is 5.75 Å². The van der Waals surface area contributed by atoms with Crippen LogP contribution < -0.4 is 4.74 Å². The molecule has 1 aromatic carbocycles. The van der Waals surface area contributed by atoms with E-state index < -0.39 is 0 Å². The van der Waals surface area contributed by atoms with Crippen molar-refractivity contribution in [2.24, 2.45) is 0 Å². The van der Waals surface area contributed by atoms with Crippen molar-refractivity contribution in [2.75, 3.05) is 0 Å². The maximum absolute atomic E-state index is 11.9. The lowest BCUT2D eigenvalue weighted by Gasteiger charge is -2.07. The van der Waals surface area contributed by atoms with Crippen LogP contribution in [0.2, 0.25) is 5.02 Å². The topological polar surface area (TPSA) is 26.3 Å². The number of carbonyl (C=O) groups is 1. The molecule has 1 aromatic rings. The predicted molar refractivity (Wildman–Crippen MR) is 62.8 cm³/mol. The van der Waals surface area contributed by atoms with Gasteiger partial charge in [0.25, 0.3) is 0 Å². The fourth-order valence-corrected chi connectivity index (χ4v) is 2.54. The normalized spacial score (nSPS) is 18.9. The quantitative estimate of drug-likeness (QED) is 0.826. The van der Waals surface area contributed by atoms with E-state index in [1.54, 1.807) is 12.1 Å². The minimum atomic E-state index is -0.350. The molecule has 0 saturated heterocycles. The molecule has 1 unspecified atom stereocenters. The van der Waals surface area contributed by atoms with E-state index in [0.717, 1.165) is 17.3 Å². The van der Waals surface area contributed by atoms with Crippen LogP contribution in [0.3, 0.4) is 0 Å². The number of halogens is 2. The van der Waals surface area contributed by atoms with E-state index >= 15 is 0 Å². The number of Topliss-reactive ketones (excluding diaryl/α,β-unsaturated/α-hetero) is 1. The second-order valence-corrected chi connectivity index (χ2v) is 4.85. The monoisotopic (exact) mass is 288 g/mol. The van der Waals surface area contributed by atoms with Crippen LogP contribution in [0, 0.1) is 0 Å². The number of hydrogen-bond acceptors (Lipinski definition) is 2. The van der Waals surface area contributed by atoms with Crippen molar-refractivity contribution in [2.45, 2.75) is 25.9 Å². The van der Waals surface area contributed by atoms with E-state index in [-0.39, 0.29) is 11.9 Å². The van der Waals surface area contributed by atoms with E-state index in [2.05, 4.69) is 15.9 Å². The molecule has 0 amide bonds. The molecule has 0 bridgehead atoms. The Labute approximate surface area is 102 Å². The maximum atomic E-state index is 11.9. The molecule has 1 aliphatic heterocycles. The van der Waals surface area contributed by atoms with Crippen LogP contribution in [0.4, 0.5) is 0 Å². The van der Waals surface area contributed by atoms with Crippen molar-refractivity contribution in [3.63, 3.8) is 0 Å². The van der Waals surface area contributed by atoms with Gasteiger partial charge in [0.2, 0.25) is 5.78 Å². The Morgan fingerprint density at radius 1 is 1.53 bits per heavy atom. The fourth-order valence-electron chi connectivity index (χ4n) is 1.68. The number of fused-ring (bicyclic) bond motifs is 1. The summed E-state index contributed by atoms with van der Waals surface area (Å²) in [6.45, 7) is 2.02. The van der Waals surface area contributed by atoms with Gasteiger partial charge in [-0.3, -0.25) is 4.79 Å². The highest BCUT2D eigenvalue weighted by Crippen LogP contribution is 2.39. The molecule has 1 atom stereocenters. The van der Waals surface area contributed by atoms with E-state index in [0.29, 0.717) is 16.3 Å². The molecule has 0 spiro atoms. The summed E-state index contributed by atoms with van der Waals surface area (Å²) in [6, 6.07) is 3.50. The van der Waals surface area contributed by atoms with Crippen molar-refractivity contribution < 1.29 is 9.53 Å². The molecule has 2 nitrogen and oxygen atoms in total. The third-order valence-electron chi connectivity index (χ3n) is 2.38. The van der Waals surface area contributed by atoms with E-state index in [1.165, 1.54) is 0 Å². The Bertz CT molecular complexity index is 417. The number of benzene rings is 1. The Kier molecular flexibility index (Phi) is 3.03. The zero-order valence-electron chi connectivity index (χ0n) is 8.22. The first-order valence-corrected chi connectivity index (χ1v) is 6.00. The van der Waals surface area contributed by atoms with Gasteiger partial charge in [0.15, 0.2) is 6.10 Å². The Morgan fingerprint density at radius 3 is 2.93 bits per heavy atom. The smallest absolute Gasteiger partial charge is 0.207 e. The molecule has 2 rings (SSSR count). The van der Waals surface area contributed by atoms with Gasteiger partial charge in [-0.25, -0.2) is 0 Å². The van der Waals surface area contributed by atoms with Crippen LogP contribution in [0.15, 0.2) is 16.6 Å². The second-order valence-electron chi connectivity index (χ2n) is 3.52. The number of rotatable bonds is 2. The van der Waals surface area contributed by atoms with Crippen LogP contribution in [-0.2, 0) is 0 Å². The van der Waals surface area contributed by atoms with Crippen LogP contribution in [0.1, 0.15) is 30.1 Å². The zero-order chi connectivity index (χ0) is 11.0. The second kappa shape index (κ2) is 4.14. The van der Waals surface area contributed by atoms with Gasteiger partial charge in [-0.15, -0.1) is 0 Å². The van der Waals surface area contributed by atoms with E-state index in [9.17, 15) is 4.79 Å². The minimum absolute atomic E-state index is 0.0371. The molecule has 0 aliphatic carbocycles. The summed E-state index contributed by atoms with van der Waals surface area (Å²) in [5.74, 6) is 0.568. The average molecular weight is 290 g/mol. The first-order chi connectivity index (χ1) is 7.13. The Balaban J connectivity index is 2.41. The molecule has 0 aromatic heterocycles. The standard InChI is InChI=1S/C11H10BrClO2/c1-2-3-9-10(14)7-4-6(12)5-8(13)11(7)15-9/h4-5,9H,2-3H2,1H3. The summed E-state index contributed by atoms with van der Waals surface area (Å²) in [6.07, 6.45) is 1.31.